The number of para-hydroxylation sites is 3. The minimum absolute atomic E-state index is 0.281. The first-order valence-corrected chi connectivity index (χ1v) is 27.6. The molecule has 350 valence electrons. The zero-order chi connectivity index (χ0) is 49.9. The predicted molar refractivity (Wildman–Crippen MR) is 321 cm³/mol. The van der Waals surface area contributed by atoms with E-state index in [0.717, 1.165) is 112 Å². The third kappa shape index (κ3) is 5.38. The van der Waals surface area contributed by atoms with Gasteiger partial charge in [-0.1, -0.05) is 152 Å². The Kier molecular flexibility index (Phi) is 8.51. The molecule has 6 nitrogen and oxygen atoms in total. The Labute approximate surface area is 444 Å². The summed E-state index contributed by atoms with van der Waals surface area (Å²) in [6, 6.07) is 74.9. The Bertz CT molecular complexity index is 5510. The highest BCUT2D eigenvalue weighted by Crippen LogP contribution is 2.53. The molecule has 7 aromatic heterocycles. The van der Waals surface area contributed by atoms with E-state index in [1.165, 1.54) is 30.3 Å². The first-order chi connectivity index (χ1) is 37.7. The van der Waals surface area contributed by atoms with Crippen LogP contribution in [0, 0.1) is 22.7 Å². The lowest BCUT2D eigenvalue weighted by atomic mass is 9.92. The van der Waals surface area contributed by atoms with Crippen LogP contribution in [-0.4, -0.2) is 18.7 Å². The molecule has 7 heterocycles. The molecule has 0 atom stereocenters. The van der Waals surface area contributed by atoms with E-state index in [4.69, 9.17) is 4.98 Å². The van der Waals surface area contributed by atoms with Crippen molar-refractivity contribution in [2.24, 2.45) is 0 Å². The van der Waals surface area contributed by atoms with Crippen LogP contribution in [0.15, 0.2) is 207 Å². The molecule has 10 aromatic carbocycles. The van der Waals surface area contributed by atoms with Gasteiger partial charge in [-0.05, 0) is 42.5 Å². The van der Waals surface area contributed by atoms with E-state index in [9.17, 15) is 10.5 Å². The van der Waals surface area contributed by atoms with Crippen molar-refractivity contribution >= 4 is 160 Å². The minimum atomic E-state index is 0.281. The molecule has 0 bridgehead atoms. The smallest absolute Gasteiger partial charge is 0.103 e. The van der Waals surface area contributed by atoms with E-state index in [-0.39, 0.29) is 11.1 Å². The molecule has 0 aliphatic carbocycles. The van der Waals surface area contributed by atoms with E-state index >= 15 is 0 Å². The third-order valence-corrected chi connectivity index (χ3v) is 19.4. The highest BCUT2D eigenvalue weighted by molar-refractivity contribution is 7.27. The van der Waals surface area contributed by atoms with Gasteiger partial charge in [0.1, 0.15) is 12.1 Å². The molecule has 0 amide bonds. The second kappa shape index (κ2) is 15.5. The van der Waals surface area contributed by atoms with Crippen LogP contribution in [-0.2, 0) is 0 Å². The molecular weight excluding hydrogens is 985 g/mol. The molecule has 76 heavy (non-hydrogen) atoms. The quantitative estimate of drug-likeness (QED) is 0.176. The highest BCUT2D eigenvalue weighted by Gasteiger charge is 2.35. The van der Waals surface area contributed by atoms with E-state index < -0.39 is 0 Å². The zero-order valence-corrected chi connectivity index (χ0v) is 42.5. The minimum Gasteiger partial charge on any atom is -0.306 e. The Hall–Kier alpha value is -9.61. The SMILES string of the molecule is N#Cc1c(C#N)c(-n2c3ccccc3c3ccc4c5ccccc5sc4c32)c(-n2c3ccccc3c3ccc4c5ccccc5sc4c32)c(-c2cccnc2)c1-n1c2ccccc2c2ccc3c4ccccc4sc3c21. The molecule has 17 rings (SSSR count). The largest absolute Gasteiger partial charge is 0.306 e. The number of nitriles is 2. The summed E-state index contributed by atoms with van der Waals surface area (Å²) < 4.78 is 14.0. The highest BCUT2D eigenvalue weighted by atomic mass is 32.1. The van der Waals surface area contributed by atoms with Crippen molar-refractivity contribution in [3.63, 3.8) is 0 Å². The van der Waals surface area contributed by atoms with Gasteiger partial charge >= 0.3 is 0 Å². The summed E-state index contributed by atoms with van der Waals surface area (Å²) in [6.45, 7) is 0. The lowest BCUT2D eigenvalue weighted by Gasteiger charge is -2.27. The second-order valence-corrected chi connectivity index (χ2v) is 22.7. The summed E-state index contributed by atoms with van der Waals surface area (Å²) in [4.78, 5) is 4.90. The number of benzene rings is 10. The average molecular weight is 1020 g/mol. The fraction of sp³-hybridized carbons (Fsp3) is 0. The molecule has 0 saturated carbocycles. The Morgan fingerprint density at radius 1 is 0.329 bits per heavy atom. The van der Waals surface area contributed by atoms with Crippen LogP contribution in [0.2, 0.25) is 0 Å². The number of hydrogen-bond donors (Lipinski definition) is 0. The van der Waals surface area contributed by atoms with Gasteiger partial charge in [0.05, 0.1) is 75.4 Å². The summed E-state index contributed by atoms with van der Waals surface area (Å²) in [7, 11) is 0. The van der Waals surface area contributed by atoms with E-state index in [1.54, 1.807) is 34.0 Å². The molecule has 0 N–H and O–H groups in total. The Balaban J connectivity index is 1.20. The standard InChI is InChI=1S/C67H34N6S3/c68-34-50-51(35-69)60(72-53-22-8-2-16-39(53)45-28-31-48-42-19-5-11-25-56(42)75-66(48)62(45)72)64(73-54-23-9-3-17-40(54)46-29-32-49-43-20-6-12-26-57(43)76-67(49)63(46)73)58(37-14-13-33-70-36-37)59(50)71-52-21-7-1-15-38(52)44-27-30-47-41-18-4-10-24-55(41)74-65(47)61(44)71/h1-33,36H. The average Bonchev–Trinajstić information content (AvgIpc) is 4.48. The van der Waals surface area contributed by atoms with E-state index in [1.807, 2.05) is 18.5 Å². The number of thiophene rings is 3. The van der Waals surface area contributed by atoms with Crippen molar-refractivity contribution in [2.75, 3.05) is 0 Å². The lowest BCUT2D eigenvalue weighted by molar-refractivity contribution is 1.07. The maximum Gasteiger partial charge on any atom is 0.103 e. The maximum atomic E-state index is 12.5. The number of aromatic nitrogens is 4. The molecule has 0 spiro atoms. The number of pyridine rings is 1. The van der Waals surface area contributed by atoms with E-state index in [2.05, 4.69) is 214 Å². The monoisotopic (exact) mass is 1020 g/mol. The molecule has 0 aliphatic heterocycles. The number of rotatable bonds is 4. The first-order valence-electron chi connectivity index (χ1n) is 25.1. The predicted octanol–water partition coefficient (Wildman–Crippen LogP) is 18.9. The van der Waals surface area contributed by atoms with Crippen LogP contribution in [0.3, 0.4) is 0 Å². The summed E-state index contributed by atoms with van der Waals surface area (Å²) in [5, 5.41) is 38.2. The number of hydrogen-bond acceptors (Lipinski definition) is 6. The fourth-order valence-electron chi connectivity index (χ4n) is 12.8. The van der Waals surface area contributed by atoms with Crippen molar-refractivity contribution in [1.29, 1.82) is 10.5 Å². The van der Waals surface area contributed by atoms with Gasteiger partial charge in [0, 0.05) is 102 Å². The molecule has 9 heteroatoms. The fourth-order valence-corrected chi connectivity index (χ4v) is 16.5. The summed E-state index contributed by atoms with van der Waals surface area (Å²) in [5.74, 6) is 0. The zero-order valence-electron chi connectivity index (χ0n) is 40.0. The topological polar surface area (TPSA) is 75.3 Å². The summed E-state index contributed by atoms with van der Waals surface area (Å²) in [5.41, 5.74) is 10.1. The summed E-state index contributed by atoms with van der Waals surface area (Å²) in [6.07, 6.45) is 3.74. The van der Waals surface area contributed by atoms with Gasteiger partial charge in [0.2, 0.25) is 0 Å². The third-order valence-electron chi connectivity index (χ3n) is 15.8. The van der Waals surface area contributed by atoms with Crippen LogP contribution in [0.25, 0.3) is 154 Å². The number of nitrogens with zero attached hydrogens (tertiary/aromatic N) is 6. The molecule has 0 saturated heterocycles. The Morgan fingerprint density at radius 3 is 1.09 bits per heavy atom. The normalized spacial score (nSPS) is 12.2. The first kappa shape index (κ1) is 41.8. The van der Waals surface area contributed by atoms with Gasteiger partial charge in [0.25, 0.3) is 0 Å². The van der Waals surface area contributed by atoms with Crippen molar-refractivity contribution in [3.05, 3.63) is 218 Å². The van der Waals surface area contributed by atoms with Gasteiger partial charge in [-0.2, -0.15) is 10.5 Å². The van der Waals surface area contributed by atoms with E-state index in [0.29, 0.717) is 11.4 Å². The van der Waals surface area contributed by atoms with Crippen molar-refractivity contribution in [2.45, 2.75) is 0 Å². The molecule has 17 aromatic rings. The maximum absolute atomic E-state index is 12.5. The van der Waals surface area contributed by atoms with Gasteiger partial charge in [-0.15, -0.1) is 34.0 Å². The van der Waals surface area contributed by atoms with Gasteiger partial charge in [-0.25, -0.2) is 0 Å². The van der Waals surface area contributed by atoms with Crippen LogP contribution in [0.1, 0.15) is 11.1 Å². The van der Waals surface area contributed by atoms with Crippen LogP contribution < -0.4 is 0 Å². The van der Waals surface area contributed by atoms with Gasteiger partial charge in [0.15, 0.2) is 0 Å². The van der Waals surface area contributed by atoms with Crippen molar-refractivity contribution in [1.82, 2.24) is 18.7 Å². The summed E-state index contributed by atoms with van der Waals surface area (Å²) >= 11 is 5.34. The molecule has 0 unspecified atom stereocenters. The van der Waals surface area contributed by atoms with Crippen LogP contribution >= 0.6 is 34.0 Å². The van der Waals surface area contributed by atoms with Gasteiger partial charge in [-0.3, -0.25) is 4.98 Å². The number of fused-ring (bicyclic) bond motifs is 21. The second-order valence-electron chi connectivity index (χ2n) is 19.5. The molecule has 0 radical (unpaired) electrons. The van der Waals surface area contributed by atoms with Crippen molar-refractivity contribution < 1.29 is 0 Å². The lowest BCUT2D eigenvalue weighted by Crippen LogP contribution is -2.14. The van der Waals surface area contributed by atoms with Crippen LogP contribution in [0.5, 0.6) is 0 Å². The van der Waals surface area contributed by atoms with Gasteiger partial charge < -0.3 is 13.7 Å². The van der Waals surface area contributed by atoms with Crippen LogP contribution in [0.4, 0.5) is 0 Å². The van der Waals surface area contributed by atoms with Crippen molar-refractivity contribution in [3.8, 4) is 40.3 Å². The molecule has 0 aliphatic rings. The molecule has 0 fully saturated rings. The molecular formula is C67H34N6S3. The Morgan fingerprint density at radius 2 is 0.684 bits per heavy atom.